The van der Waals surface area contributed by atoms with Crippen LogP contribution in [0, 0.1) is 0 Å². The van der Waals surface area contributed by atoms with Crippen molar-refractivity contribution in [2.75, 3.05) is 0 Å². The molecule has 0 unspecified atom stereocenters. The summed E-state index contributed by atoms with van der Waals surface area (Å²) in [6.45, 7) is 12.6. The van der Waals surface area contributed by atoms with Crippen molar-refractivity contribution in [3.05, 3.63) is 24.3 Å². The van der Waals surface area contributed by atoms with Crippen LogP contribution in [0.2, 0.25) is 0 Å². The molecule has 0 aromatic carbocycles. The third kappa shape index (κ3) is 14.0. The minimum Gasteiger partial charge on any atom is -0.850 e. The van der Waals surface area contributed by atoms with Crippen LogP contribution in [0.5, 0.6) is 0 Å². The van der Waals surface area contributed by atoms with Gasteiger partial charge < -0.3 is 20.4 Å². The Morgan fingerprint density at radius 3 is 1.25 bits per heavy atom. The Balaban J connectivity index is -0.000000337. The number of allylic oxidation sites excluding steroid dienone is 4. The van der Waals surface area contributed by atoms with Crippen LogP contribution in [0.4, 0.5) is 0 Å². The van der Waals surface area contributed by atoms with Gasteiger partial charge in [0, 0.05) is 6.08 Å². The van der Waals surface area contributed by atoms with E-state index >= 15 is 0 Å². The predicted octanol–water partition coefficient (Wildman–Crippen LogP) is -3.10. The molecule has 7 nitrogen and oxygen atoms in total. The Morgan fingerprint density at radius 1 is 0.750 bits per heavy atom. The molecule has 1 aliphatic carbocycles. The van der Waals surface area contributed by atoms with E-state index in [-0.39, 0.29) is 29.6 Å². The molecule has 8 heteroatoms. The summed E-state index contributed by atoms with van der Waals surface area (Å²) in [6, 6.07) is 0. The topological polar surface area (TPSA) is 140 Å². The maximum atomic E-state index is 10.9. The molecule has 1 amide bonds. The van der Waals surface area contributed by atoms with Crippen molar-refractivity contribution in [1.82, 2.24) is 0 Å². The van der Waals surface area contributed by atoms with Crippen molar-refractivity contribution in [3.63, 3.8) is 0 Å². The zero-order chi connectivity index (χ0) is 22.3. The molecule has 28 heavy (non-hydrogen) atoms. The molecule has 2 radical (unpaired) electrons. The van der Waals surface area contributed by atoms with E-state index in [0.717, 1.165) is 0 Å². The van der Waals surface area contributed by atoms with Gasteiger partial charge in [-0.1, -0.05) is 67.5 Å². The van der Waals surface area contributed by atoms with Crippen LogP contribution in [0.25, 0.3) is 0 Å². The van der Waals surface area contributed by atoms with E-state index in [2.05, 4.69) is 4.99 Å². The van der Waals surface area contributed by atoms with E-state index < -0.39 is 22.4 Å². The van der Waals surface area contributed by atoms with Gasteiger partial charge >= 0.3 is 23.9 Å². The number of carbonyl (C=O) groups is 2. The number of carbonyl (C=O) groups excluding carboxylic acids is 2. The Hall–Kier alpha value is -1.11. The number of hydrogen-bond donors (Lipinski definition) is 1. The molecule has 1 N–H and O–H groups in total. The summed E-state index contributed by atoms with van der Waals surface area (Å²) in [6.07, 6.45) is 6.31. The fourth-order valence-electron chi connectivity index (χ4n) is 0.760. The smallest absolute Gasteiger partial charge is 0.850 e. The van der Waals surface area contributed by atoms with Gasteiger partial charge in [0.1, 0.15) is 0 Å². The zero-order valence-electron chi connectivity index (χ0n) is 18.2. The van der Waals surface area contributed by atoms with Crippen LogP contribution in [-0.2, 0) is 9.59 Å². The normalized spacial score (nSPS) is 15.8. The van der Waals surface area contributed by atoms with Gasteiger partial charge in [-0.15, -0.1) is 22.4 Å². The van der Waals surface area contributed by atoms with Crippen LogP contribution in [0.3, 0.4) is 0 Å². The van der Waals surface area contributed by atoms with Crippen molar-refractivity contribution >= 4 is 35.4 Å². The van der Waals surface area contributed by atoms with Crippen molar-refractivity contribution in [1.29, 1.82) is 0 Å². The van der Waals surface area contributed by atoms with Crippen LogP contribution in [-0.4, -0.2) is 57.8 Å². The van der Waals surface area contributed by atoms with E-state index in [1.54, 1.807) is 18.2 Å². The zero-order valence-corrected chi connectivity index (χ0v) is 20.1. The van der Waals surface area contributed by atoms with E-state index in [0.29, 0.717) is 5.71 Å². The summed E-state index contributed by atoms with van der Waals surface area (Å²) in [7, 11) is 0. The fraction of sp³-hybridized carbons (Fsp3) is 0.650. The average Bonchev–Trinajstić information content (AvgIpc) is 2.37. The second-order valence-corrected chi connectivity index (χ2v) is 8.22. The van der Waals surface area contributed by atoms with Gasteiger partial charge in [0.2, 0.25) is 5.78 Å². The second-order valence-electron chi connectivity index (χ2n) is 8.22. The largest absolute Gasteiger partial charge is 3.00 e. The fourth-order valence-corrected chi connectivity index (χ4v) is 0.760. The molecule has 1 rings (SSSR count). The van der Waals surface area contributed by atoms with E-state index in [4.69, 9.17) is 0 Å². The SMILES string of the molecule is CC(=O)[NH+]=C1C=CC=CC1=O.CC(C)([O-])C(C)(C)[O-].CC(C)([O-])C(C)(C)[O-].[As+3]. The quantitative estimate of drug-likeness (QED) is 0.344. The minimum atomic E-state index is -1.37. The first-order chi connectivity index (χ1) is 11.7. The van der Waals surface area contributed by atoms with Gasteiger partial charge in [0.15, 0.2) is 0 Å². The van der Waals surface area contributed by atoms with Gasteiger partial charge in [-0.25, -0.2) is 4.79 Å². The first-order valence-electron chi connectivity index (χ1n) is 8.55. The summed E-state index contributed by atoms with van der Waals surface area (Å²) in [5.74, 6) is -0.393. The van der Waals surface area contributed by atoms with Gasteiger partial charge in [-0.05, 0) is 6.08 Å². The number of ketones is 1. The molecule has 0 aromatic rings. The van der Waals surface area contributed by atoms with Gasteiger partial charge in [-0.2, -0.15) is 4.99 Å². The molecular formula is C20H32AsNO6. The molecule has 0 atom stereocenters. The number of nitrogens with one attached hydrogen (secondary N) is 1. The summed E-state index contributed by atoms with van der Waals surface area (Å²) in [5, 5.41) is 43.2. The van der Waals surface area contributed by atoms with Crippen LogP contribution < -0.4 is 25.4 Å². The first kappa shape index (κ1) is 31.6. The molecule has 0 saturated carbocycles. The van der Waals surface area contributed by atoms with Gasteiger partial charge in [-0.3, -0.25) is 4.79 Å². The van der Waals surface area contributed by atoms with Crippen LogP contribution >= 0.6 is 0 Å². The Morgan fingerprint density at radius 2 is 1.04 bits per heavy atom. The number of amides is 1. The molecule has 0 aromatic heterocycles. The van der Waals surface area contributed by atoms with E-state index in [9.17, 15) is 30.0 Å². The van der Waals surface area contributed by atoms with Crippen molar-refractivity contribution in [2.24, 2.45) is 0 Å². The minimum absolute atomic E-state index is 0. The van der Waals surface area contributed by atoms with Gasteiger partial charge in [0.05, 0.1) is 6.92 Å². The molecule has 0 saturated heterocycles. The molecule has 0 heterocycles. The molecular weight excluding hydrogens is 425 g/mol. The Bertz CT molecular complexity index is 546. The molecule has 0 bridgehead atoms. The van der Waals surface area contributed by atoms with Gasteiger partial charge in [0.25, 0.3) is 5.71 Å². The summed E-state index contributed by atoms with van der Waals surface area (Å²) < 4.78 is 0. The van der Waals surface area contributed by atoms with Crippen LogP contribution in [0.1, 0.15) is 62.3 Å². The third-order valence-corrected chi connectivity index (χ3v) is 4.10. The van der Waals surface area contributed by atoms with Crippen molar-refractivity contribution in [2.45, 2.75) is 84.7 Å². The first-order valence-corrected chi connectivity index (χ1v) is 8.55. The number of rotatable bonds is 2. The van der Waals surface area contributed by atoms with Crippen molar-refractivity contribution < 1.29 is 35.0 Å². The van der Waals surface area contributed by atoms with Crippen LogP contribution in [0.15, 0.2) is 24.3 Å². The Kier molecular flexibility index (Phi) is 13.3. The standard InChI is InChI=1S/C8H7NO2.2C6H12O2.As/c1-6(10)9-7-4-2-3-5-8(7)11;2*1-5(2,7)6(3,4)8;/h2-5H,1H3;2*1-4H3;/q;2*-2;+3/p+1. The molecule has 0 spiro atoms. The molecule has 0 fully saturated rings. The van der Waals surface area contributed by atoms with E-state index in [1.165, 1.54) is 68.4 Å². The summed E-state index contributed by atoms with van der Waals surface area (Å²) >= 11 is 0. The molecule has 158 valence electrons. The monoisotopic (exact) mass is 457 g/mol. The summed E-state index contributed by atoms with van der Waals surface area (Å²) in [5.41, 5.74) is -5.14. The second kappa shape index (κ2) is 11.8. The number of hydrogen-bond acceptors (Lipinski definition) is 6. The third-order valence-electron chi connectivity index (χ3n) is 4.10. The molecule has 1 aliphatic rings. The summed E-state index contributed by atoms with van der Waals surface area (Å²) in [4.78, 5) is 23.9. The maximum Gasteiger partial charge on any atom is 3.00 e. The predicted molar refractivity (Wildman–Crippen MR) is 102 cm³/mol. The average molecular weight is 457 g/mol. The Labute approximate surface area is 179 Å². The van der Waals surface area contributed by atoms with Crippen molar-refractivity contribution in [3.8, 4) is 0 Å². The van der Waals surface area contributed by atoms with E-state index in [1.807, 2.05) is 0 Å². The maximum absolute atomic E-state index is 10.9. The molecule has 0 aliphatic heterocycles.